The molecule has 1 aromatic carbocycles. The van der Waals surface area contributed by atoms with Crippen molar-refractivity contribution in [1.82, 2.24) is 15.5 Å². The SMILES string of the molecule is CC(C)[C@H](NC(=O)CN1C(=O)NC2(CCCCC2)C1=O)c1ccc2c(c1)OCCCO2. The molecule has 2 fully saturated rings. The van der Waals surface area contributed by atoms with Gasteiger partial charge in [0.05, 0.1) is 19.3 Å². The maximum Gasteiger partial charge on any atom is 0.325 e. The van der Waals surface area contributed by atoms with E-state index in [1.165, 1.54) is 0 Å². The summed E-state index contributed by atoms with van der Waals surface area (Å²) in [5, 5.41) is 5.85. The summed E-state index contributed by atoms with van der Waals surface area (Å²) in [5.74, 6) is 0.836. The van der Waals surface area contributed by atoms with Crippen molar-refractivity contribution in [3.63, 3.8) is 0 Å². The molecule has 0 aromatic heterocycles. The van der Waals surface area contributed by atoms with Gasteiger partial charge in [-0.2, -0.15) is 0 Å². The molecule has 0 unspecified atom stereocenters. The monoisotopic (exact) mass is 429 g/mol. The van der Waals surface area contributed by atoms with Gasteiger partial charge in [-0.05, 0) is 36.5 Å². The zero-order valence-electron chi connectivity index (χ0n) is 18.2. The number of rotatable bonds is 5. The molecule has 1 spiro atoms. The molecule has 0 radical (unpaired) electrons. The smallest absolute Gasteiger partial charge is 0.325 e. The number of amides is 4. The summed E-state index contributed by atoms with van der Waals surface area (Å²) in [4.78, 5) is 39.3. The van der Waals surface area contributed by atoms with Crippen LogP contribution in [0, 0.1) is 5.92 Å². The molecule has 8 nitrogen and oxygen atoms in total. The van der Waals surface area contributed by atoms with Crippen LogP contribution in [0.1, 0.15) is 64.0 Å². The Labute approximate surface area is 182 Å². The number of ether oxygens (including phenoxy) is 2. The van der Waals surface area contributed by atoms with Crippen LogP contribution in [-0.2, 0) is 9.59 Å². The number of nitrogens with one attached hydrogen (secondary N) is 2. The number of hydrogen-bond acceptors (Lipinski definition) is 5. The lowest BCUT2D eigenvalue weighted by Gasteiger charge is -2.30. The minimum absolute atomic E-state index is 0.0986. The molecular weight excluding hydrogens is 398 g/mol. The van der Waals surface area contributed by atoms with Crippen LogP contribution in [0.25, 0.3) is 0 Å². The van der Waals surface area contributed by atoms with Gasteiger partial charge in [-0.25, -0.2) is 4.79 Å². The Morgan fingerprint density at radius 1 is 1.10 bits per heavy atom. The summed E-state index contributed by atoms with van der Waals surface area (Å²) >= 11 is 0. The number of imide groups is 1. The van der Waals surface area contributed by atoms with Crippen LogP contribution < -0.4 is 20.1 Å². The summed E-state index contributed by atoms with van der Waals surface area (Å²) in [6.07, 6.45) is 4.99. The molecule has 168 valence electrons. The van der Waals surface area contributed by atoms with E-state index in [0.717, 1.165) is 36.1 Å². The second-order valence-electron chi connectivity index (χ2n) is 9.01. The molecular formula is C23H31N3O5. The third-order valence-corrected chi connectivity index (χ3v) is 6.37. The average molecular weight is 430 g/mol. The minimum Gasteiger partial charge on any atom is -0.490 e. The van der Waals surface area contributed by atoms with Crippen LogP contribution in [-0.4, -0.2) is 48.0 Å². The van der Waals surface area contributed by atoms with Gasteiger partial charge in [0.2, 0.25) is 5.91 Å². The Bertz CT molecular complexity index is 863. The van der Waals surface area contributed by atoms with E-state index in [4.69, 9.17) is 9.47 Å². The highest BCUT2D eigenvalue weighted by Gasteiger charge is 2.51. The van der Waals surface area contributed by atoms with Gasteiger partial charge in [0.1, 0.15) is 12.1 Å². The Morgan fingerprint density at radius 3 is 2.52 bits per heavy atom. The van der Waals surface area contributed by atoms with E-state index < -0.39 is 11.6 Å². The lowest BCUT2D eigenvalue weighted by atomic mass is 9.82. The summed E-state index contributed by atoms with van der Waals surface area (Å²) in [6, 6.07) is 4.93. The lowest BCUT2D eigenvalue weighted by molar-refractivity contribution is -0.136. The number of fused-ring (bicyclic) bond motifs is 1. The first kappa shape index (κ1) is 21.5. The highest BCUT2D eigenvalue weighted by Crippen LogP contribution is 2.35. The van der Waals surface area contributed by atoms with E-state index >= 15 is 0 Å². The fraction of sp³-hybridized carbons (Fsp3) is 0.609. The highest BCUT2D eigenvalue weighted by molar-refractivity contribution is 6.09. The van der Waals surface area contributed by atoms with Crippen molar-refractivity contribution >= 4 is 17.8 Å². The normalized spacial score (nSPS) is 21.1. The summed E-state index contributed by atoms with van der Waals surface area (Å²) in [6.45, 7) is 4.95. The molecule has 1 atom stereocenters. The molecule has 0 bridgehead atoms. The number of carbonyl (C=O) groups excluding carboxylic acids is 3. The summed E-state index contributed by atoms with van der Waals surface area (Å²) in [5.41, 5.74) is 0.0788. The molecule has 2 aliphatic heterocycles. The number of carbonyl (C=O) groups is 3. The Hall–Kier alpha value is -2.77. The van der Waals surface area contributed by atoms with Crippen molar-refractivity contribution in [3.8, 4) is 11.5 Å². The second kappa shape index (κ2) is 8.77. The van der Waals surface area contributed by atoms with Gasteiger partial charge in [0.15, 0.2) is 11.5 Å². The molecule has 2 heterocycles. The van der Waals surface area contributed by atoms with Crippen molar-refractivity contribution in [3.05, 3.63) is 23.8 Å². The number of hydrogen-bond donors (Lipinski definition) is 2. The number of nitrogens with zero attached hydrogens (tertiary/aromatic N) is 1. The first-order valence-electron chi connectivity index (χ1n) is 11.2. The zero-order chi connectivity index (χ0) is 22.0. The van der Waals surface area contributed by atoms with Gasteiger partial charge in [-0.3, -0.25) is 14.5 Å². The van der Waals surface area contributed by atoms with Gasteiger partial charge >= 0.3 is 6.03 Å². The van der Waals surface area contributed by atoms with Crippen LogP contribution in [0.3, 0.4) is 0 Å². The first-order chi connectivity index (χ1) is 14.9. The van der Waals surface area contributed by atoms with Crippen LogP contribution >= 0.6 is 0 Å². The predicted octanol–water partition coefficient (Wildman–Crippen LogP) is 2.92. The van der Waals surface area contributed by atoms with Crippen molar-refractivity contribution in [2.75, 3.05) is 19.8 Å². The van der Waals surface area contributed by atoms with Crippen LogP contribution in [0.5, 0.6) is 11.5 Å². The fourth-order valence-corrected chi connectivity index (χ4v) is 4.68. The number of benzene rings is 1. The van der Waals surface area contributed by atoms with Crippen molar-refractivity contribution in [2.45, 2.75) is 64.0 Å². The van der Waals surface area contributed by atoms with Gasteiger partial charge in [-0.15, -0.1) is 0 Å². The van der Waals surface area contributed by atoms with E-state index in [9.17, 15) is 14.4 Å². The quantitative estimate of drug-likeness (QED) is 0.702. The first-order valence-corrected chi connectivity index (χ1v) is 11.2. The van der Waals surface area contributed by atoms with Crippen LogP contribution in [0.4, 0.5) is 4.79 Å². The molecule has 1 saturated carbocycles. The summed E-state index contributed by atoms with van der Waals surface area (Å²) in [7, 11) is 0. The van der Waals surface area contributed by atoms with Gasteiger partial charge in [0.25, 0.3) is 5.91 Å². The minimum atomic E-state index is -0.818. The Kier molecular flexibility index (Phi) is 6.07. The lowest BCUT2D eigenvalue weighted by Crippen LogP contribution is -2.49. The molecule has 1 saturated heterocycles. The maximum atomic E-state index is 12.9. The molecule has 1 aromatic rings. The van der Waals surface area contributed by atoms with Crippen molar-refractivity contribution < 1.29 is 23.9 Å². The van der Waals surface area contributed by atoms with Crippen LogP contribution in [0.15, 0.2) is 18.2 Å². The number of urea groups is 1. The van der Waals surface area contributed by atoms with E-state index in [-0.39, 0.29) is 30.3 Å². The molecule has 31 heavy (non-hydrogen) atoms. The highest BCUT2D eigenvalue weighted by atomic mass is 16.5. The van der Waals surface area contributed by atoms with Gasteiger partial charge in [0, 0.05) is 6.42 Å². The molecule has 4 rings (SSSR count). The topological polar surface area (TPSA) is 97.0 Å². The molecule has 2 N–H and O–H groups in total. The third-order valence-electron chi connectivity index (χ3n) is 6.37. The molecule has 4 amide bonds. The second-order valence-corrected chi connectivity index (χ2v) is 9.01. The van der Waals surface area contributed by atoms with Crippen molar-refractivity contribution in [1.29, 1.82) is 0 Å². The van der Waals surface area contributed by atoms with E-state index in [2.05, 4.69) is 10.6 Å². The fourth-order valence-electron chi connectivity index (χ4n) is 4.68. The Balaban J connectivity index is 1.45. The van der Waals surface area contributed by atoms with Crippen molar-refractivity contribution in [2.24, 2.45) is 5.92 Å². The van der Waals surface area contributed by atoms with E-state index in [1.54, 1.807) is 0 Å². The molecule has 8 heteroatoms. The average Bonchev–Trinajstić information content (AvgIpc) is 2.92. The maximum absolute atomic E-state index is 12.9. The predicted molar refractivity (Wildman–Crippen MR) is 114 cm³/mol. The largest absolute Gasteiger partial charge is 0.490 e. The Morgan fingerprint density at radius 2 is 1.81 bits per heavy atom. The molecule has 1 aliphatic carbocycles. The van der Waals surface area contributed by atoms with E-state index in [1.807, 2.05) is 32.0 Å². The standard InChI is InChI=1S/C23H31N3O5/c1-15(2)20(16-7-8-17-18(13-16)31-12-6-11-30-17)24-19(27)14-26-21(28)23(25-22(26)29)9-4-3-5-10-23/h7-8,13,15,20H,3-6,9-12,14H2,1-2H3,(H,24,27)(H,25,29)/t20-/m0/s1. The van der Waals surface area contributed by atoms with Gasteiger partial charge in [-0.1, -0.05) is 39.2 Å². The van der Waals surface area contributed by atoms with E-state index in [0.29, 0.717) is 37.6 Å². The third kappa shape index (κ3) is 4.34. The van der Waals surface area contributed by atoms with Gasteiger partial charge < -0.3 is 20.1 Å². The zero-order valence-corrected chi connectivity index (χ0v) is 18.2. The van der Waals surface area contributed by atoms with Crippen LogP contribution in [0.2, 0.25) is 0 Å². The summed E-state index contributed by atoms with van der Waals surface area (Å²) < 4.78 is 11.5. The molecule has 3 aliphatic rings.